The fourth-order valence-corrected chi connectivity index (χ4v) is 4.33. The number of halogens is 1. The molecule has 0 aromatic heterocycles. The van der Waals surface area contributed by atoms with Crippen LogP contribution in [0, 0.1) is 13.8 Å². The smallest absolute Gasteiger partial charge is 0.224 e. The summed E-state index contributed by atoms with van der Waals surface area (Å²) in [6, 6.07) is 9.23. The van der Waals surface area contributed by atoms with Crippen LogP contribution in [0.5, 0.6) is 0 Å². The van der Waals surface area contributed by atoms with Crippen LogP contribution in [0.25, 0.3) is 0 Å². The van der Waals surface area contributed by atoms with E-state index in [4.69, 9.17) is 11.6 Å². The molecule has 2 aromatic rings. The van der Waals surface area contributed by atoms with Gasteiger partial charge in [-0.3, -0.25) is 0 Å². The molecule has 0 fully saturated rings. The standard InChI is InChI=1S/C16H18ClNO4S2/c1-11-9-16(12(2)8-15(11)17)24(21,22)18-10-13-4-6-14(7-5-13)23(3,19)20/h4-9,18H,10H2,1-3H3. The lowest BCUT2D eigenvalue weighted by atomic mass is 10.2. The molecule has 0 unspecified atom stereocenters. The number of hydrogen-bond donors (Lipinski definition) is 1. The highest BCUT2D eigenvalue weighted by Crippen LogP contribution is 2.24. The molecule has 8 heteroatoms. The number of rotatable bonds is 5. The largest absolute Gasteiger partial charge is 0.241 e. The molecule has 5 nitrogen and oxygen atoms in total. The third-order valence-electron chi connectivity index (χ3n) is 3.56. The minimum absolute atomic E-state index is 0.0630. The van der Waals surface area contributed by atoms with Gasteiger partial charge in [0.15, 0.2) is 9.84 Å². The van der Waals surface area contributed by atoms with Gasteiger partial charge in [-0.05, 0) is 54.8 Å². The molecule has 0 spiro atoms. The van der Waals surface area contributed by atoms with E-state index in [1.54, 1.807) is 32.0 Å². The predicted octanol–water partition coefficient (Wildman–Crippen LogP) is 2.84. The number of nitrogens with one attached hydrogen (secondary N) is 1. The van der Waals surface area contributed by atoms with E-state index in [2.05, 4.69) is 4.72 Å². The molecule has 0 saturated heterocycles. The van der Waals surface area contributed by atoms with Crippen LogP contribution in [-0.4, -0.2) is 23.1 Å². The van der Waals surface area contributed by atoms with Crippen molar-refractivity contribution >= 4 is 31.5 Å². The maximum atomic E-state index is 12.5. The highest BCUT2D eigenvalue weighted by atomic mass is 35.5. The van der Waals surface area contributed by atoms with Gasteiger partial charge in [0.05, 0.1) is 9.79 Å². The van der Waals surface area contributed by atoms with E-state index in [9.17, 15) is 16.8 Å². The molecule has 1 N–H and O–H groups in total. The zero-order chi connectivity index (χ0) is 18.1. The lowest BCUT2D eigenvalue weighted by Crippen LogP contribution is -2.24. The van der Waals surface area contributed by atoms with Crippen molar-refractivity contribution in [3.63, 3.8) is 0 Å². The average molecular weight is 388 g/mol. The first-order valence-electron chi connectivity index (χ1n) is 7.06. The van der Waals surface area contributed by atoms with Crippen molar-refractivity contribution in [2.24, 2.45) is 0 Å². The van der Waals surface area contributed by atoms with E-state index in [0.717, 1.165) is 6.26 Å². The molecule has 0 aliphatic heterocycles. The Morgan fingerprint density at radius 2 is 1.54 bits per heavy atom. The van der Waals surface area contributed by atoms with E-state index < -0.39 is 19.9 Å². The Morgan fingerprint density at radius 1 is 0.958 bits per heavy atom. The van der Waals surface area contributed by atoms with Crippen LogP contribution in [-0.2, 0) is 26.4 Å². The summed E-state index contributed by atoms with van der Waals surface area (Å²) in [7, 11) is -6.97. The van der Waals surface area contributed by atoms with Crippen molar-refractivity contribution in [1.29, 1.82) is 0 Å². The molecular weight excluding hydrogens is 370 g/mol. The molecule has 0 amide bonds. The summed E-state index contributed by atoms with van der Waals surface area (Å²) in [5, 5.41) is 0.516. The molecule has 2 aromatic carbocycles. The normalized spacial score (nSPS) is 12.3. The first-order chi connectivity index (χ1) is 11.0. The van der Waals surface area contributed by atoms with Gasteiger partial charge in [0.2, 0.25) is 10.0 Å². The van der Waals surface area contributed by atoms with Crippen molar-refractivity contribution in [3.05, 3.63) is 58.1 Å². The van der Waals surface area contributed by atoms with Crippen LogP contribution in [0.4, 0.5) is 0 Å². The van der Waals surface area contributed by atoms with Gasteiger partial charge in [0, 0.05) is 17.8 Å². The quantitative estimate of drug-likeness (QED) is 0.855. The minimum atomic E-state index is -3.69. The highest BCUT2D eigenvalue weighted by molar-refractivity contribution is 7.90. The fourth-order valence-electron chi connectivity index (χ4n) is 2.15. The fraction of sp³-hybridized carbons (Fsp3) is 0.250. The van der Waals surface area contributed by atoms with Crippen LogP contribution in [0.2, 0.25) is 5.02 Å². The van der Waals surface area contributed by atoms with Crippen molar-refractivity contribution in [3.8, 4) is 0 Å². The number of sulfonamides is 1. The molecule has 2 rings (SSSR count). The minimum Gasteiger partial charge on any atom is -0.224 e. The van der Waals surface area contributed by atoms with Gasteiger partial charge < -0.3 is 0 Å². The average Bonchev–Trinajstić information content (AvgIpc) is 2.48. The Bertz CT molecular complexity index is 966. The number of hydrogen-bond acceptors (Lipinski definition) is 4. The Morgan fingerprint density at radius 3 is 2.08 bits per heavy atom. The second-order valence-electron chi connectivity index (χ2n) is 5.61. The Kier molecular flexibility index (Phi) is 5.39. The van der Waals surface area contributed by atoms with Crippen LogP contribution < -0.4 is 4.72 Å². The Hall–Kier alpha value is -1.41. The lowest BCUT2D eigenvalue weighted by Gasteiger charge is -2.11. The number of benzene rings is 2. The topological polar surface area (TPSA) is 80.3 Å². The summed E-state index contributed by atoms with van der Waals surface area (Å²) < 4.78 is 50.3. The zero-order valence-corrected chi connectivity index (χ0v) is 15.9. The summed E-state index contributed by atoms with van der Waals surface area (Å²) in [6.45, 7) is 3.49. The predicted molar refractivity (Wildman–Crippen MR) is 94.5 cm³/mol. The van der Waals surface area contributed by atoms with Crippen molar-refractivity contribution in [1.82, 2.24) is 4.72 Å². The molecule has 130 valence electrons. The molecular formula is C16H18ClNO4S2. The van der Waals surface area contributed by atoms with E-state index in [0.29, 0.717) is 21.7 Å². The zero-order valence-electron chi connectivity index (χ0n) is 13.5. The molecule has 0 aliphatic rings. The molecule has 24 heavy (non-hydrogen) atoms. The Balaban J connectivity index is 2.21. The molecule has 0 aliphatic carbocycles. The van der Waals surface area contributed by atoms with Gasteiger partial charge in [-0.2, -0.15) is 0 Å². The summed E-state index contributed by atoms with van der Waals surface area (Å²) in [5.74, 6) is 0. The van der Waals surface area contributed by atoms with E-state index in [1.165, 1.54) is 18.2 Å². The van der Waals surface area contributed by atoms with Gasteiger partial charge in [-0.15, -0.1) is 0 Å². The Labute approximate surface area is 147 Å². The highest BCUT2D eigenvalue weighted by Gasteiger charge is 2.18. The van der Waals surface area contributed by atoms with Crippen LogP contribution in [0.3, 0.4) is 0 Å². The molecule has 0 heterocycles. The summed E-state index contributed by atoms with van der Waals surface area (Å²) in [5.41, 5.74) is 1.90. The van der Waals surface area contributed by atoms with E-state index in [-0.39, 0.29) is 16.3 Å². The molecule has 0 saturated carbocycles. The molecule has 0 atom stereocenters. The van der Waals surface area contributed by atoms with Crippen molar-refractivity contribution in [2.75, 3.05) is 6.26 Å². The molecule has 0 radical (unpaired) electrons. The summed E-state index contributed by atoms with van der Waals surface area (Å²) in [4.78, 5) is 0.371. The van der Waals surface area contributed by atoms with Crippen molar-refractivity contribution in [2.45, 2.75) is 30.2 Å². The molecule has 0 bridgehead atoms. The van der Waals surface area contributed by atoms with Gasteiger partial charge in [0.25, 0.3) is 0 Å². The van der Waals surface area contributed by atoms with Gasteiger partial charge >= 0.3 is 0 Å². The van der Waals surface area contributed by atoms with Gasteiger partial charge in [-0.25, -0.2) is 21.6 Å². The monoisotopic (exact) mass is 387 g/mol. The van der Waals surface area contributed by atoms with Crippen LogP contribution in [0.15, 0.2) is 46.2 Å². The maximum absolute atomic E-state index is 12.5. The number of aryl methyl sites for hydroxylation is 2. The lowest BCUT2D eigenvalue weighted by molar-refractivity contribution is 0.580. The van der Waals surface area contributed by atoms with E-state index >= 15 is 0 Å². The second kappa shape index (κ2) is 6.84. The maximum Gasteiger partial charge on any atom is 0.241 e. The first kappa shape index (κ1) is 18.9. The summed E-state index contributed by atoms with van der Waals surface area (Å²) in [6.07, 6.45) is 1.12. The van der Waals surface area contributed by atoms with Crippen LogP contribution in [0.1, 0.15) is 16.7 Å². The second-order valence-corrected chi connectivity index (χ2v) is 9.77. The van der Waals surface area contributed by atoms with Crippen LogP contribution >= 0.6 is 11.6 Å². The third-order valence-corrected chi connectivity index (χ3v) is 6.64. The first-order valence-corrected chi connectivity index (χ1v) is 10.8. The van der Waals surface area contributed by atoms with Gasteiger partial charge in [0.1, 0.15) is 0 Å². The number of sulfone groups is 1. The van der Waals surface area contributed by atoms with E-state index in [1.807, 2.05) is 0 Å². The SMILES string of the molecule is Cc1cc(S(=O)(=O)NCc2ccc(S(C)(=O)=O)cc2)c(C)cc1Cl. The summed E-state index contributed by atoms with van der Waals surface area (Å²) >= 11 is 6.00. The van der Waals surface area contributed by atoms with Gasteiger partial charge in [-0.1, -0.05) is 23.7 Å². The third kappa shape index (κ3) is 4.36. The van der Waals surface area contributed by atoms with Crippen molar-refractivity contribution < 1.29 is 16.8 Å².